The van der Waals surface area contributed by atoms with Crippen LogP contribution in [0.15, 0.2) is 0 Å². The molecular weight excluding hydrogens is 276 g/mol. The fraction of sp³-hybridized carbons (Fsp3) is 0.933. The lowest BCUT2D eigenvalue weighted by atomic mass is 9.96. The maximum Gasteiger partial charge on any atom is 0.222 e. The quantitative estimate of drug-likeness (QED) is 0.847. The van der Waals surface area contributed by atoms with Gasteiger partial charge >= 0.3 is 0 Å². The van der Waals surface area contributed by atoms with Crippen LogP contribution >= 0.6 is 12.4 Å². The number of hydrogen-bond donors (Lipinski definition) is 1. The van der Waals surface area contributed by atoms with Crippen LogP contribution in [0.5, 0.6) is 0 Å². The Hall–Kier alpha value is -0.320. The molecule has 118 valence electrons. The number of rotatable bonds is 5. The van der Waals surface area contributed by atoms with Gasteiger partial charge in [-0.15, -0.1) is 12.4 Å². The maximum atomic E-state index is 12.2. The lowest BCUT2D eigenvalue weighted by Crippen LogP contribution is -2.40. The number of nitrogens with one attached hydrogen (secondary N) is 1. The molecule has 0 radical (unpaired) electrons. The van der Waals surface area contributed by atoms with Gasteiger partial charge in [-0.05, 0) is 58.0 Å². The smallest absolute Gasteiger partial charge is 0.222 e. The van der Waals surface area contributed by atoms with Gasteiger partial charge in [0.1, 0.15) is 0 Å². The molecule has 0 aromatic rings. The molecule has 2 heterocycles. The van der Waals surface area contributed by atoms with Crippen molar-refractivity contribution >= 4 is 18.3 Å². The van der Waals surface area contributed by atoms with E-state index in [9.17, 15) is 4.79 Å². The van der Waals surface area contributed by atoms with Gasteiger partial charge in [-0.25, -0.2) is 0 Å². The van der Waals surface area contributed by atoms with E-state index in [0.717, 1.165) is 57.8 Å². The van der Waals surface area contributed by atoms with Crippen molar-refractivity contribution in [3.05, 3.63) is 0 Å². The number of hydrogen-bond acceptors (Lipinski definition) is 3. The van der Waals surface area contributed by atoms with Gasteiger partial charge in [-0.3, -0.25) is 4.79 Å². The van der Waals surface area contributed by atoms with Crippen molar-refractivity contribution in [2.45, 2.75) is 51.0 Å². The molecule has 0 spiro atoms. The highest BCUT2D eigenvalue weighted by molar-refractivity contribution is 5.85. The van der Waals surface area contributed by atoms with Gasteiger partial charge in [0.05, 0.1) is 6.10 Å². The number of likely N-dealkylation sites (tertiary alicyclic amines) is 1. The molecule has 2 aliphatic rings. The number of halogens is 1. The molecule has 2 rings (SSSR count). The standard InChI is InChI=1S/C15H28N2O2.ClH/c1-16-12-13-7-9-17(10-8-13)15(18)6-5-14-4-2-3-11-19-14;/h13-14,16H,2-12H2,1H3;1H. The zero-order chi connectivity index (χ0) is 13.5. The number of carbonyl (C=O) groups excluding carboxylic acids is 1. The first-order valence-corrected chi connectivity index (χ1v) is 7.83. The summed E-state index contributed by atoms with van der Waals surface area (Å²) in [5.74, 6) is 1.08. The van der Waals surface area contributed by atoms with Crippen LogP contribution in [0, 0.1) is 5.92 Å². The van der Waals surface area contributed by atoms with E-state index in [1.807, 2.05) is 7.05 Å². The Labute approximate surface area is 129 Å². The van der Waals surface area contributed by atoms with Crippen molar-refractivity contribution < 1.29 is 9.53 Å². The van der Waals surface area contributed by atoms with Crippen molar-refractivity contribution in [1.29, 1.82) is 0 Å². The summed E-state index contributed by atoms with van der Waals surface area (Å²) in [5, 5.41) is 3.23. The molecule has 0 aromatic heterocycles. The Bertz CT molecular complexity index is 275. The molecule has 0 aromatic carbocycles. The van der Waals surface area contributed by atoms with E-state index in [-0.39, 0.29) is 12.4 Å². The fourth-order valence-corrected chi connectivity index (χ4v) is 3.15. The summed E-state index contributed by atoms with van der Waals surface area (Å²) in [5.41, 5.74) is 0. The van der Waals surface area contributed by atoms with Crippen LogP contribution in [0.1, 0.15) is 44.9 Å². The molecule has 1 unspecified atom stereocenters. The van der Waals surface area contributed by atoms with Crippen molar-refractivity contribution in [2.24, 2.45) is 5.92 Å². The molecule has 2 aliphatic heterocycles. The normalized spacial score (nSPS) is 24.2. The Morgan fingerprint density at radius 2 is 2.00 bits per heavy atom. The molecule has 0 saturated carbocycles. The van der Waals surface area contributed by atoms with Crippen LogP contribution in [-0.4, -0.2) is 50.2 Å². The first-order chi connectivity index (χ1) is 9.29. The Morgan fingerprint density at radius 3 is 2.60 bits per heavy atom. The summed E-state index contributed by atoms with van der Waals surface area (Å²) in [6.45, 7) is 3.85. The van der Waals surface area contributed by atoms with Gasteiger partial charge in [0, 0.05) is 26.1 Å². The van der Waals surface area contributed by atoms with Crippen LogP contribution in [0.3, 0.4) is 0 Å². The van der Waals surface area contributed by atoms with E-state index < -0.39 is 0 Å². The average Bonchev–Trinajstić information content (AvgIpc) is 2.47. The van der Waals surface area contributed by atoms with Crippen LogP contribution in [-0.2, 0) is 9.53 Å². The topological polar surface area (TPSA) is 41.6 Å². The first kappa shape index (κ1) is 17.7. The number of piperidine rings is 1. The van der Waals surface area contributed by atoms with Crippen molar-refractivity contribution in [3.8, 4) is 0 Å². The van der Waals surface area contributed by atoms with Crippen molar-refractivity contribution in [2.75, 3.05) is 33.3 Å². The number of amides is 1. The van der Waals surface area contributed by atoms with Gasteiger partial charge in [0.25, 0.3) is 0 Å². The lowest BCUT2D eigenvalue weighted by molar-refractivity contribution is -0.133. The molecule has 0 aliphatic carbocycles. The predicted octanol–water partition coefficient (Wildman–Crippen LogP) is 2.22. The summed E-state index contributed by atoms with van der Waals surface area (Å²) in [6, 6.07) is 0. The van der Waals surface area contributed by atoms with Gasteiger partial charge in [-0.1, -0.05) is 0 Å². The van der Waals surface area contributed by atoms with Crippen molar-refractivity contribution in [1.82, 2.24) is 10.2 Å². The maximum absolute atomic E-state index is 12.2. The lowest BCUT2D eigenvalue weighted by Gasteiger charge is -2.32. The third-order valence-electron chi connectivity index (χ3n) is 4.41. The van der Waals surface area contributed by atoms with E-state index in [2.05, 4.69) is 10.2 Å². The van der Waals surface area contributed by atoms with Crippen molar-refractivity contribution in [3.63, 3.8) is 0 Å². The molecule has 1 amide bonds. The van der Waals surface area contributed by atoms with E-state index in [1.54, 1.807) is 0 Å². The van der Waals surface area contributed by atoms with E-state index >= 15 is 0 Å². The monoisotopic (exact) mass is 304 g/mol. The second-order valence-electron chi connectivity index (χ2n) is 5.91. The largest absolute Gasteiger partial charge is 0.378 e. The molecule has 4 nitrogen and oxygen atoms in total. The van der Waals surface area contributed by atoms with Gasteiger partial charge < -0.3 is 15.0 Å². The molecule has 0 bridgehead atoms. The van der Waals surface area contributed by atoms with Gasteiger partial charge in [0.2, 0.25) is 5.91 Å². The van der Waals surface area contributed by atoms with E-state index in [1.165, 1.54) is 12.8 Å². The predicted molar refractivity (Wildman–Crippen MR) is 83.3 cm³/mol. The van der Waals surface area contributed by atoms with Gasteiger partial charge in [0.15, 0.2) is 0 Å². The SMILES string of the molecule is CNCC1CCN(C(=O)CCC2CCCCO2)CC1.Cl. The van der Waals surface area contributed by atoms with Crippen LogP contribution < -0.4 is 5.32 Å². The van der Waals surface area contributed by atoms with Gasteiger partial charge in [-0.2, -0.15) is 0 Å². The highest BCUT2D eigenvalue weighted by atomic mass is 35.5. The molecular formula is C15H29ClN2O2. The Kier molecular flexibility index (Phi) is 8.50. The molecule has 20 heavy (non-hydrogen) atoms. The molecule has 1 N–H and O–H groups in total. The minimum atomic E-state index is 0. The molecule has 5 heteroatoms. The number of carbonyl (C=O) groups is 1. The molecule has 2 saturated heterocycles. The zero-order valence-electron chi connectivity index (χ0n) is 12.6. The van der Waals surface area contributed by atoms with Crippen LogP contribution in [0.2, 0.25) is 0 Å². The molecule has 2 fully saturated rings. The first-order valence-electron chi connectivity index (χ1n) is 7.83. The zero-order valence-corrected chi connectivity index (χ0v) is 13.4. The summed E-state index contributed by atoms with van der Waals surface area (Å²) in [6.07, 6.45) is 7.78. The third-order valence-corrected chi connectivity index (χ3v) is 4.41. The fourth-order valence-electron chi connectivity index (χ4n) is 3.15. The summed E-state index contributed by atoms with van der Waals surface area (Å²) >= 11 is 0. The number of nitrogens with zero attached hydrogens (tertiary/aromatic N) is 1. The van der Waals surface area contributed by atoms with Crippen LogP contribution in [0.25, 0.3) is 0 Å². The van der Waals surface area contributed by atoms with E-state index in [4.69, 9.17) is 4.74 Å². The number of ether oxygens (including phenoxy) is 1. The summed E-state index contributed by atoms with van der Waals surface area (Å²) < 4.78 is 5.69. The van der Waals surface area contributed by atoms with E-state index in [0.29, 0.717) is 18.4 Å². The minimum Gasteiger partial charge on any atom is -0.378 e. The highest BCUT2D eigenvalue weighted by Gasteiger charge is 2.23. The molecule has 1 atom stereocenters. The average molecular weight is 305 g/mol. The summed E-state index contributed by atoms with van der Waals surface area (Å²) in [7, 11) is 2.00. The highest BCUT2D eigenvalue weighted by Crippen LogP contribution is 2.20. The second-order valence-corrected chi connectivity index (χ2v) is 5.91. The van der Waals surface area contributed by atoms with Crippen LogP contribution in [0.4, 0.5) is 0 Å². The third kappa shape index (κ3) is 5.58. The Balaban J connectivity index is 0.00000200. The Morgan fingerprint density at radius 1 is 1.25 bits per heavy atom. The summed E-state index contributed by atoms with van der Waals surface area (Å²) in [4.78, 5) is 14.2. The minimum absolute atomic E-state index is 0. The second kappa shape index (κ2) is 9.59.